The van der Waals surface area contributed by atoms with E-state index in [0.717, 1.165) is 23.8 Å². The van der Waals surface area contributed by atoms with Crippen LogP contribution in [0.3, 0.4) is 0 Å². The average molecular weight is 236 g/mol. The molecule has 1 aliphatic carbocycles. The minimum absolute atomic E-state index is 0.188. The van der Waals surface area contributed by atoms with E-state index in [0.29, 0.717) is 10.8 Å². The first-order valence-electron chi connectivity index (χ1n) is 5.14. The van der Waals surface area contributed by atoms with Gasteiger partial charge >= 0.3 is 0 Å². The molecule has 2 aromatic rings. The van der Waals surface area contributed by atoms with Crippen LogP contribution >= 0.6 is 11.6 Å². The molecule has 1 N–H and O–H groups in total. The van der Waals surface area contributed by atoms with E-state index in [9.17, 15) is 4.79 Å². The van der Waals surface area contributed by atoms with Crippen LogP contribution in [0.15, 0.2) is 12.5 Å². The quantitative estimate of drug-likeness (QED) is 0.812. The lowest BCUT2D eigenvalue weighted by molar-refractivity contribution is -0.119. The summed E-state index contributed by atoms with van der Waals surface area (Å²) in [6.45, 7) is 1.63. The van der Waals surface area contributed by atoms with Gasteiger partial charge in [-0.3, -0.25) is 4.79 Å². The summed E-state index contributed by atoms with van der Waals surface area (Å²) in [4.78, 5) is 22.8. The number of aromatic amines is 1. The van der Waals surface area contributed by atoms with Crippen LogP contribution in [0.4, 0.5) is 0 Å². The number of aromatic nitrogens is 3. The molecular formula is C11H10ClN3O. The summed E-state index contributed by atoms with van der Waals surface area (Å²) in [6.07, 6.45) is 5.03. The van der Waals surface area contributed by atoms with Crippen LogP contribution in [0.1, 0.15) is 25.3 Å². The van der Waals surface area contributed by atoms with Gasteiger partial charge < -0.3 is 4.98 Å². The summed E-state index contributed by atoms with van der Waals surface area (Å²) >= 11 is 6.06. The molecule has 0 atom stereocenters. The number of nitrogens with zero attached hydrogens (tertiary/aromatic N) is 2. The van der Waals surface area contributed by atoms with Crippen LogP contribution in [-0.2, 0) is 10.2 Å². The van der Waals surface area contributed by atoms with E-state index < -0.39 is 0 Å². The van der Waals surface area contributed by atoms with Crippen LogP contribution in [-0.4, -0.2) is 20.7 Å². The number of H-pyrrole nitrogens is 1. The molecule has 16 heavy (non-hydrogen) atoms. The number of carbonyl (C=O) groups excluding carboxylic acids is 1. The third kappa shape index (κ3) is 1.13. The third-order valence-corrected chi connectivity index (χ3v) is 3.65. The van der Waals surface area contributed by atoms with Crippen LogP contribution in [0.25, 0.3) is 11.0 Å². The van der Waals surface area contributed by atoms with Gasteiger partial charge in [-0.25, -0.2) is 9.97 Å². The summed E-state index contributed by atoms with van der Waals surface area (Å²) in [5.74, 6) is 0.188. The molecule has 0 spiro atoms. The Bertz CT molecular complexity index is 586. The summed E-state index contributed by atoms with van der Waals surface area (Å²) in [6, 6.07) is 0. The predicted molar refractivity (Wildman–Crippen MR) is 60.5 cm³/mol. The number of Topliss-reactive ketones (excluding diaryl/α,β-unsaturated/α-hetero) is 1. The maximum atomic E-state index is 11.7. The van der Waals surface area contributed by atoms with Gasteiger partial charge in [-0.2, -0.15) is 0 Å². The second-order valence-corrected chi connectivity index (χ2v) is 4.59. The van der Waals surface area contributed by atoms with E-state index in [-0.39, 0.29) is 11.2 Å². The zero-order valence-corrected chi connectivity index (χ0v) is 9.51. The predicted octanol–water partition coefficient (Wildman–Crippen LogP) is 2.23. The van der Waals surface area contributed by atoms with E-state index in [1.54, 1.807) is 6.92 Å². The lowest BCUT2D eigenvalue weighted by atomic mass is 9.93. The van der Waals surface area contributed by atoms with Gasteiger partial charge in [0.2, 0.25) is 0 Å². The van der Waals surface area contributed by atoms with Gasteiger partial charge in [-0.05, 0) is 25.3 Å². The Morgan fingerprint density at radius 3 is 2.88 bits per heavy atom. The Morgan fingerprint density at radius 1 is 1.50 bits per heavy atom. The molecule has 1 saturated carbocycles. The van der Waals surface area contributed by atoms with E-state index in [1.807, 2.05) is 6.20 Å². The first-order valence-corrected chi connectivity index (χ1v) is 5.52. The van der Waals surface area contributed by atoms with Gasteiger partial charge in [-0.1, -0.05) is 11.6 Å². The fraction of sp³-hybridized carbons (Fsp3) is 0.364. The van der Waals surface area contributed by atoms with Gasteiger partial charge in [0.25, 0.3) is 0 Å². The van der Waals surface area contributed by atoms with Crippen molar-refractivity contribution in [2.45, 2.75) is 25.2 Å². The van der Waals surface area contributed by atoms with Crippen molar-refractivity contribution >= 4 is 28.4 Å². The number of fused-ring (bicyclic) bond motifs is 1. The lowest BCUT2D eigenvalue weighted by Gasteiger charge is -2.09. The van der Waals surface area contributed by atoms with Gasteiger partial charge in [0.1, 0.15) is 22.9 Å². The van der Waals surface area contributed by atoms with Gasteiger partial charge in [0.05, 0.1) is 10.8 Å². The van der Waals surface area contributed by atoms with Crippen molar-refractivity contribution in [2.24, 2.45) is 0 Å². The highest BCUT2D eigenvalue weighted by molar-refractivity contribution is 6.34. The molecule has 1 fully saturated rings. The molecule has 0 amide bonds. The highest BCUT2D eigenvalue weighted by Crippen LogP contribution is 2.51. The monoisotopic (exact) mass is 235 g/mol. The minimum Gasteiger partial charge on any atom is -0.346 e. The van der Waals surface area contributed by atoms with Crippen LogP contribution in [0.2, 0.25) is 5.15 Å². The molecule has 0 bridgehead atoms. The maximum absolute atomic E-state index is 11.7. The molecule has 2 aromatic heterocycles. The van der Waals surface area contributed by atoms with Crippen molar-refractivity contribution < 1.29 is 4.79 Å². The fourth-order valence-electron chi connectivity index (χ4n) is 2.24. The number of rotatable bonds is 2. The van der Waals surface area contributed by atoms with Crippen molar-refractivity contribution in [3.8, 4) is 0 Å². The van der Waals surface area contributed by atoms with E-state index in [4.69, 9.17) is 11.6 Å². The van der Waals surface area contributed by atoms with Crippen molar-refractivity contribution in [3.05, 3.63) is 23.2 Å². The molecule has 1 aliphatic rings. The highest BCUT2D eigenvalue weighted by Gasteiger charge is 2.50. The fourth-order valence-corrected chi connectivity index (χ4v) is 2.47. The number of nitrogens with one attached hydrogen (secondary N) is 1. The first-order chi connectivity index (χ1) is 7.65. The summed E-state index contributed by atoms with van der Waals surface area (Å²) < 4.78 is 0. The second-order valence-electron chi connectivity index (χ2n) is 4.23. The minimum atomic E-state index is -0.341. The standard InChI is InChI=1S/C11H10ClN3O/c1-6(16)11(2-3-11)7-4-13-10-8(7)9(12)14-5-15-10/h4-5H,2-3H2,1H3,(H,13,14,15). The van der Waals surface area contributed by atoms with Crippen LogP contribution < -0.4 is 0 Å². The highest BCUT2D eigenvalue weighted by atomic mass is 35.5. The third-order valence-electron chi connectivity index (χ3n) is 3.36. The molecule has 2 heterocycles. The SMILES string of the molecule is CC(=O)C1(c2c[nH]c3ncnc(Cl)c23)CC1. The van der Waals surface area contributed by atoms with Crippen molar-refractivity contribution in [1.82, 2.24) is 15.0 Å². The molecule has 4 nitrogen and oxygen atoms in total. The summed E-state index contributed by atoms with van der Waals surface area (Å²) in [7, 11) is 0. The van der Waals surface area contributed by atoms with E-state index in [2.05, 4.69) is 15.0 Å². The largest absolute Gasteiger partial charge is 0.346 e. The van der Waals surface area contributed by atoms with Crippen molar-refractivity contribution in [2.75, 3.05) is 0 Å². The molecule has 3 rings (SSSR count). The van der Waals surface area contributed by atoms with Crippen LogP contribution in [0, 0.1) is 0 Å². The Morgan fingerprint density at radius 2 is 2.25 bits per heavy atom. The van der Waals surface area contributed by atoms with Crippen molar-refractivity contribution in [3.63, 3.8) is 0 Å². The zero-order chi connectivity index (χ0) is 11.3. The van der Waals surface area contributed by atoms with Crippen molar-refractivity contribution in [1.29, 1.82) is 0 Å². The smallest absolute Gasteiger partial charge is 0.142 e. The number of carbonyl (C=O) groups is 1. The molecule has 0 radical (unpaired) electrons. The molecule has 0 unspecified atom stereocenters. The number of hydrogen-bond donors (Lipinski definition) is 1. The average Bonchev–Trinajstić information content (AvgIpc) is 2.94. The summed E-state index contributed by atoms with van der Waals surface area (Å²) in [5, 5.41) is 1.20. The molecule has 82 valence electrons. The molecule has 0 saturated heterocycles. The normalized spacial score (nSPS) is 17.6. The van der Waals surface area contributed by atoms with E-state index in [1.165, 1.54) is 6.33 Å². The second kappa shape index (κ2) is 3.04. The van der Waals surface area contributed by atoms with Gasteiger partial charge in [0, 0.05) is 6.20 Å². The number of hydrogen-bond acceptors (Lipinski definition) is 3. The lowest BCUT2D eigenvalue weighted by Crippen LogP contribution is -2.16. The Balaban J connectivity index is 2.29. The maximum Gasteiger partial charge on any atom is 0.142 e. The van der Waals surface area contributed by atoms with Gasteiger partial charge in [0.15, 0.2) is 0 Å². The number of halogens is 1. The number of ketones is 1. The topological polar surface area (TPSA) is 58.6 Å². The Kier molecular flexibility index (Phi) is 1.86. The molecular weight excluding hydrogens is 226 g/mol. The van der Waals surface area contributed by atoms with E-state index >= 15 is 0 Å². The summed E-state index contributed by atoms with van der Waals surface area (Å²) in [5.41, 5.74) is 1.30. The molecule has 0 aromatic carbocycles. The Labute approximate surface area is 97.0 Å². The molecule has 5 heteroatoms. The molecule has 0 aliphatic heterocycles. The van der Waals surface area contributed by atoms with Crippen LogP contribution in [0.5, 0.6) is 0 Å². The first kappa shape index (κ1) is 9.78. The zero-order valence-electron chi connectivity index (χ0n) is 8.75. The van der Waals surface area contributed by atoms with Gasteiger partial charge in [-0.15, -0.1) is 0 Å². The Hall–Kier alpha value is -1.42.